The molecule has 0 radical (unpaired) electrons. The third-order valence-electron chi connectivity index (χ3n) is 2.53. The van der Waals surface area contributed by atoms with Crippen molar-refractivity contribution in [2.24, 2.45) is 0 Å². The van der Waals surface area contributed by atoms with Crippen LogP contribution in [-0.4, -0.2) is 33.8 Å². The Balaban J connectivity index is 2.27. The first-order valence-corrected chi connectivity index (χ1v) is 5.98. The van der Waals surface area contributed by atoms with Gasteiger partial charge in [-0.05, 0) is 25.0 Å². The fourth-order valence-corrected chi connectivity index (χ4v) is 1.79. The molecule has 0 unspecified atom stereocenters. The lowest BCUT2D eigenvalue weighted by molar-refractivity contribution is 0.288. The van der Waals surface area contributed by atoms with Gasteiger partial charge in [0.05, 0.1) is 29.7 Å². The number of rotatable bonds is 5. The molecule has 18 heavy (non-hydrogen) atoms. The van der Waals surface area contributed by atoms with E-state index in [1.807, 2.05) is 0 Å². The molecule has 0 saturated heterocycles. The summed E-state index contributed by atoms with van der Waals surface area (Å²) in [5.41, 5.74) is 1.54. The molecule has 0 atom stereocenters. The van der Waals surface area contributed by atoms with E-state index < -0.39 is 0 Å². The van der Waals surface area contributed by atoms with Crippen molar-refractivity contribution in [3.63, 3.8) is 0 Å². The Labute approximate surface area is 110 Å². The lowest BCUT2D eigenvalue weighted by Crippen LogP contribution is -1.97. The van der Waals surface area contributed by atoms with Gasteiger partial charge in [-0.1, -0.05) is 16.8 Å². The Morgan fingerprint density at radius 1 is 1.44 bits per heavy atom. The third kappa shape index (κ3) is 2.80. The molecule has 1 heterocycles. The maximum absolute atomic E-state index is 8.77. The molecule has 1 aromatic carbocycles. The maximum Gasteiger partial charge on any atom is 0.121 e. The smallest absolute Gasteiger partial charge is 0.121 e. The van der Waals surface area contributed by atoms with Gasteiger partial charge in [0.15, 0.2) is 0 Å². The second-order valence-corrected chi connectivity index (χ2v) is 4.21. The molecule has 0 aliphatic heterocycles. The molecular formula is C12H14ClN3O2. The van der Waals surface area contributed by atoms with E-state index in [4.69, 9.17) is 21.4 Å². The largest absolute Gasteiger partial charge is 0.497 e. The summed E-state index contributed by atoms with van der Waals surface area (Å²) in [6, 6.07) is 5.34. The van der Waals surface area contributed by atoms with Gasteiger partial charge in [-0.2, -0.15) is 0 Å². The van der Waals surface area contributed by atoms with Gasteiger partial charge in [0.25, 0.3) is 0 Å². The first kappa shape index (κ1) is 12.9. The maximum atomic E-state index is 8.77. The number of ether oxygens (including phenoxy) is 1. The minimum Gasteiger partial charge on any atom is -0.497 e. The molecule has 6 heteroatoms. The van der Waals surface area contributed by atoms with Crippen LogP contribution in [0.15, 0.2) is 24.4 Å². The quantitative estimate of drug-likeness (QED) is 0.898. The Hall–Kier alpha value is -1.59. The van der Waals surface area contributed by atoms with E-state index in [0.29, 0.717) is 23.6 Å². The average molecular weight is 268 g/mol. The Morgan fingerprint density at radius 3 is 3.00 bits per heavy atom. The number of nitrogens with zero attached hydrogens (tertiary/aromatic N) is 3. The average Bonchev–Trinajstić information content (AvgIpc) is 2.85. The van der Waals surface area contributed by atoms with Crippen molar-refractivity contribution in [2.45, 2.75) is 12.8 Å². The van der Waals surface area contributed by atoms with Gasteiger partial charge in [-0.25, -0.2) is 4.68 Å². The lowest BCUT2D eigenvalue weighted by Gasteiger charge is -2.05. The molecule has 1 aromatic heterocycles. The van der Waals surface area contributed by atoms with Gasteiger partial charge in [0.1, 0.15) is 5.75 Å². The second kappa shape index (κ2) is 5.84. The number of hydrogen-bond donors (Lipinski definition) is 1. The third-order valence-corrected chi connectivity index (χ3v) is 2.85. The van der Waals surface area contributed by atoms with Crippen molar-refractivity contribution in [3.05, 3.63) is 35.1 Å². The molecule has 2 aromatic rings. The summed E-state index contributed by atoms with van der Waals surface area (Å²) in [5, 5.41) is 17.4. The van der Waals surface area contributed by atoms with Crippen molar-refractivity contribution in [3.8, 4) is 11.4 Å². The molecule has 0 aliphatic rings. The summed E-state index contributed by atoms with van der Waals surface area (Å²) in [4.78, 5) is 0. The van der Waals surface area contributed by atoms with Gasteiger partial charge in [-0.3, -0.25) is 0 Å². The molecule has 0 aliphatic carbocycles. The zero-order valence-corrected chi connectivity index (χ0v) is 10.8. The van der Waals surface area contributed by atoms with Crippen molar-refractivity contribution >= 4 is 11.6 Å². The van der Waals surface area contributed by atoms with Crippen LogP contribution in [0.3, 0.4) is 0 Å². The summed E-state index contributed by atoms with van der Waals surface area (Å²) in [7, 11) is 1.60. The number of methoxy groups -OCH3 is 1. The lowest BCUT2D eigenvalue weighted by atomic mass is 10.2. The van der Waals surface area contributed by atoms with Gasteiger partial charge >= 0.3 is 0 Å². The number of aryl methyl sites for hydroxylation is 1. The van der Waals surface area contributed by atoms with E-state index in [9.17, 15) is 0 Å². The molecule has 0 bridgehead atoms. The highest BCUT2D eigenvalue weighted by molar-refractivity contribution is 6.32. The number of hydrogen-bond acceptors (Lipinski definition) is 4. The van der Waals surface area contributed by atoms with E-state index in [2.05, 4.69) is 10.3 Å². The van der Waals surface area contributed by atoms with Gasteiger partial charge in [0, 0.05) is 12.7 Å². The first-order chi connectivity index (χ1) is 8.74. The minimum absolute atomic E-state index is 0.146. The number of aliphatic hydroxyl groups excluding tert-OH is 1. The fraction of sp³-hybridized carbons (Fsp3) is 0.333. The number of halogens is 1. The molecule has 5 nitrogen and oxygen atoms in total. The SMILES string of the molecule is COc1ccc(Cl)c(-n2cc(CCCO)nn2)c1. The molecule has 0 spiro atoms. The highest BCUT2D eigenvalue weighted by Gasteiger charge is 2.08. The molecule has 0 saturated carbocycles. The Morgan fingerprint density at radius 2 is 2.28 bits per heavy atom. The zero-order chi connectivity index (χ0) is 13.0. The highest BCUT2D eigenvalue weighted by atomic mass is 35.5. The Kier molecular flexibility index (Phi) is 4.17. The predicted octanol–water partition coefficient (Wildman–Crippen LogP) is 1.85. The van der Waals surface area contributed by atoms with Crippen LogP contribution in [-0.2, 0) is 6.42 Å². The van der Waals surface area contributed by atoms with Crippen molar-refractivity contribution in [1.29, 1.82) is 0 Å². The molecule has 2 rings (SSSR count). The number of aromatic nitrogens is 3. The van der Waals surface area contributed by atoms with Crippen molar-refractivity contribution in [1.82, 2.24) is 15.0 Å². The minimum atomic E-state index is 0.146. The van der Waals surface area contributed by atoms with Crippen LogP contribution < -0.4 is 4.74 Å². The standard InChI is InChI=1S/C12H14ClN3O2/c1-18-10-4-5-11(13)12(7-10)16-8-9(14-15-16)3-2-6-17/h4-5,7-8,17H,2-3,6H2,1H3. The van der Waals surface area contributed by atoms with E-state index in [-0.39, 0.29) is 6.61 Å². The normalized spacial score (nSPS) is 10.6. The zero-order valence-electron chi connectivity index (χ0n) is 10.0. The van der Waals surface area contributed by atoms with Crippen LogP contribution in [0, 0.1) is 0 Å². The van der Waals surface area contributed by atoms with E-state index in [1.54, 1.807) is 36.2 Å². The summed E-state index contributed by atoms with van der Waals surface area (Å²) in [5.74, 6) is 0.710. The van der Waals surface area contributed by atoms with Crippen LogP contribution in [0.1, 0.15) is 12.1 Å². The second-order valence-electron chi connectivity index (χ2n) is 3.80. The molecule has 1 N–H and O–H groups in total. The topological polar surface area (TPSA) is 60.2 Å². The summed E-state index contributed by atoms with van der Waals surface area (Å²) in [6.45, 7) is 0.146. The fourth-order valence-electron chi connectivity index (χ4n) is 1.59. The summed E-state index contributed by atoms with van der Waals surface area (Å²) < 4.78 is 6.76. The molecule has 0 amide bonds. The van der Waals surface area contributed by atoms with Crippen LogP contribution in [0.5, 0.6) is 5.75 Å². The van der Waals surface area contributed by atoms with E-state index in [1.165, 1.54) is 0 Å². The van der Waals surface area contributed by atoms with Crippen LogP contribution in [0.4, 0.5) is 0 Å². The molecule has 96 valence electrons. The van der Waals surface area contributed by atoms with Gasteiger partial charge < -0.3 is 9.84 Å². The monoisotopic (exact) mass is 267 g/mol. The number of aliphatic hydroxyl groups is 1. The summed E-state index contributed by atoms with van der Waals surface area (Å²) >= 11 is 6.12. The highest BCUT2D eigenvalue weighted by Crippen LogP contribution is 2.24. The van der Waals surface area contributed by atoms with Crippen LogP contribution in [0.25, 0.3) is 5.69 Å². The molecular weight excluding hydrogens is 254 g/mol. The predicted molar refractivity (Wildman–Crippen MR) is 68.3 cm³/mol. The van der Waals surface area contributed by atoms with Crippen molar-refractivity contribution in [2.75, 3.05) is 13.7 Å². The molecule has 0 fully saturated rings. The Bertz CT molecular complexity index is 528. The van der Waals surface area contributed by atoms with E-state index in [0.717, 1.165) is 11.4 Å². The first-order valence-electron chi connectivity index (χ1n) is 5.60. The van der Waals surface area contributed by atoms with Crippen molar-refractivity contribution < 1.29 is 9.84 Å². The number of benzene rings is 1. The van der Waals surface area contributed by atoms with Gasteiger partial charge in [-0.15, -0.1) is 5.10 Å². The van der Waals surface area contributed by atoms with Crippen LogP contribution >= 0.6 is 11.6 Å². The van der Waals surface area contributed by atoms with E-state index >= 15 is 0 Å². The summed E-state index contributed by atoms with van der Waals surface area (Å²) in [6.07, 6.45) is 3.17. The van der Waals surface area contributed by atoms with Gasteiger partial charge in [0.2, 0.25) is 0 Å². The van der Waals surface area contributed by atoms with Crippen LogP contribution in [0.2, 0.25) is 5.02 Å².